The minimum absolute atomic E-state index is 0.351. The van der Waals surface area contributed by atoms with Crippen LogP contribution in [0.5, 0.6) is 0 Å². The summed E-state index contributed by atoms with van der Waals surface area (Å²) in [7, 11) is -2.94. The summed E-state index contributed by atoms with van der Waals surface area (Å²) in [5, 5.41) is 0. The van der Waals surface area contributed by atoms with Crippen LogP contribution in [0.4, 0.5) is 10.1 Å². The zero-order chi connectivity index (χ0) is 16.9. The molecule has 2 heterocycles. The van der Waals surface area contributed by atoms with Crippen LogP contribution in [0, 0.1) is 5.82 Å². The van der Waals surface area contributed by atoms with Gasteiger partial charge in [-0.15, -0.1) is 0 Å². The van der Waals surface area contributed by atoms with Crippen molar-refractivity contribution in [3.63, 3.8) is 0 Å². The molecule has 1 aromatic carbocycles. The molecule has 0 radical (unpaired) electrons. The SMILES string of the molecule is CC1(C)OB(c2ccc(N=S3(=O)CCCC3)cc2F)OC1(C)C. The lowest BCUT2D eigenvalue weighted by atomic mass is 9.78. The monoisotopic (exact) mass is 339 g/mol. The Kier molecular flexibility index (Phi) is 4.10. The number of benzene rings is 1. The second kappa shape index (κ2) is 5.57. The van der Waals surface area contributed by atoms with Gasteiger partial charge in [-0.25, -0.2) is 8.60 Å². The maximum atomic E-state index is 14.5. The largest absolute Gasteiger partial charge is 0.497 e. The molecule has 23 heavy (non-hydrogen) atoms. The van der Waals surface area contributed by atoms with Gasteiger partial charge in [0.25, 0.3) is 0 Å². The van der Waals surface area contributed by atoms with Crippen molar-refractivity contribution in [3.8, 4) is 0 Å². The Morgan fingerprint density at radius 3 is 2.22 bits per heavy atom. The average Bonchev–Trinajstić information content (AvgIpc) is 2.91. The molecule has 0 atom stereocenters. The Bertz CT molecular complexity index is 713. The lowest BCUT2D eigenvalue weighted by Crippen LogP contribution is -2.41. The van der Waals surface area contributed by atoms with Gasteiger partial charge in [-0.3, -0.25) is 0 Å². The van der Waals surface area contributed by atoms with Gasteiger partial charge in [-0.05, 0) is 52.7 Å². The molecule has 2 aliphatic rings. The molecule has 4 nitrogen and oxygen atoms in total. The van der Waals surface area contributed by atoms with E-state index in [9.17, 15) is 8.60 Å². The summed E-state index contributed by atoms with van der Waals surface area (Å²) in [4.78, 5) is 0. The van der Waals surface area contributed by atoms with Crippen LogP contribution in [-0.4, -0.2) is 34.0 Å². The third kappa shape index (κ3) is 3.19. The summed E-state index contributed by atoms with van der Waals surface area (Å²) >= 11 is 0. The number of hydrogen-bond acceptors (Lipinski definition) is 4. The van der Waals surface area contributed by atoms with E-state index in [1.165, 1.54) is 6.07 Å². The fraction of sp³-hybridized carbons (Fsp3) is 0.625. The molecule has 2 fully saturated rings. The van der Waals surface area contributed by atoms with Crippen molar-refractivity contribution < 1.29 is 17.9 Å². The van der Waals surface area contributed by atoms with Gasteiger partial charge in [0.15, 0.2) is 0 Å². The minimum Gasteiger partial charge on any atom is -0.399 e. The Labute approximate surface area is 138 Å². The molecule has 0 N–H and O–H groups in total. The van der Waals surface area contributed by atoms with Crippen molar-refractivity contribution in [1.82, 2.24) is 0 Å². The first-order valence-electron chi connectivity index (χ1n) is 8.00. The smallest absolute Gasteiger partial charge is 0.399 e. The Morgan fingerprint density at radius 1 is 1.13 bits per heavy atom. The average molecular weight is 339 g/mol. The molecule has 2 aliphatic heterocycles. The Balaban J connectivity index is 1.88. The number of halogens is 1. The second-order valence-electron chi connectivity index (χ2n) is 7.27. The quantitative estimate of drug-likeness (QED) is 0.778. The topological polar surface area (TPSA) is 47.9 Å². The van der Waals surface area contributed by atoms with E-state index in [1.54, 1.807) is 12.1 Å². The zero-order valence-corrected chi connectivity index (χ0v) is 14.9. The van der Waals surface area contributed by atoms with Crippen LogP contribution < -0.4 is 5.46 Å². The molecule has 0 spiro atoms. The molecular weight excluding hydrogens is 316 g/mol. The van der Waals surface area contributed by atoms with Gasteiger partial charge in [0.05, 0.1) is 26.6 Å². The van der Waals surface area contributed by atoms with Crippen LogP contribution in [0.25, 0.3) is 0 Å². The van der Waals surface area contributed by atoms with Crippen LogP contribution in [0.2, 0.25) is 0 Å². The van der Waals surface area contributed by atoms with Crippen LogP contribution in [-0.2, 0) is 19.0 Å². The van der Waals surface area contributed by atoms with Gasteiger partial charge in [-0.2, -0.15) is 4.36 Å². The molecule has 0 bridgehead atoms. The van der Waals surface area contributed by atoms with Gasteiger partial charge in [-0.1, -0.05) is 6.07 Å². The summed E-state index contributed by atoms with van der Waals surface area (Å²) in [6.07, 6.45) is 1.85. The number of rotatable bonds is 2. The molecular formula is C16H23BFNO3S. The summed E-state index contributed by atoms with van der Waals surface area (Å²) in [6.45, 7) is 7.72. The molecule has 0 unspecified atom stereocenters. The molecule has 2 saturated heterocycles. The van der Waals surface area contributed by atoms with E-state index in [4.69, 9.17) is 9.31 Å². The third-order valence-electron chi connectivity index (χ3n) is 4.94. The number of hydrogen-bond donors (Lipinski definition) is 0. The second-order valence-corrected chi connectivity index (χ2v) is 9.82. The molecule has 3 rings (SSSR count). The lowest BCUT2D eigenvalue weighted by Gasteiger charge is -2.32. The van der Waals surface area contributed by atoms with E-state index >= 15 is 0 Å². The van der Waals surface area contributed by atoms with E-state index in [0.717, 1.165) is 12.8 Å². The predicted octanol–water partition coefficient (Wildman–Crippen LogP) is 3.02. The maximum Gasteiger partial charge on any atom is 0.497 e. The van der Waals surface area contributed by atoms with Crippen LogP contribution in [0.1, 0.15) is 40.5 Å². The van der Waals surface area contributed by atoms with E-state index in [1.807, 2.05) is 27.7 Å². The third-order valence-corrected chi connectivity index (χ3v) is 7.34. The number of nitrogens with zero attached hydrogens (tertiary/aromatic N) is 1. The van der Waals surface area contributed by atoms with Crippen molar-refractivity contribution in [1.29, 1.82) is 0 Å². The Hall–Kier alpha value is -0.915. The normalized spacial score (nSPS) is 24.8. The van der Waals surface area contributed by atoms with E-state index < -0.39 is 33.9 Å². The van der Waals surface area contributed by atoms with Crippen molar-refractivity contribution in [3.05, 3.63) is 24.0 Å². The standard InChI is InChI=1S/C16H23BFNO3S/c1-15(2)16(3,4)22-17(21-15)13-8-7-12(11-14(13)18)19-23(20)9-5-6-10-23/h7-8,11H,5-6,9-10H2,1-4H3. The first kappa shape index (κ1) is 16.9. The molecule has 0 aromatic heterocycles. The van der Waals surface area contributed by atoms with Crippen molar-refractivity contribution in [2.45, 2.75) is 51.7 Å². The Morgan fingerprint density at radius 2 is 1.70 bits per heavy atom. The lowest BCUT2D eigenvalue weighted by molar-refractivity contribution is 0.00578. The molecule has 0 saturated carbocycles. The van der Waals surface area contributed by atoms with Gasteiger partial charge in [0.1, 0.15) is 5.82 Å². The highest BCUT2D eigenvalue weighted by molar-refractivity contribution is 7.93. The molecule has 7 heteroatoms. The van der Waals surface area contributed by atoms with Gasteiger partial charge in [0, 0.05) is 17.0 Å². The van der Waals surface area contributed by atoms with Gasteiger partial charge in [0.2, 0.25) is 0 Å². The fourth-order valence-corrected chi connectivity index (χ4v) is 4.97. The zero-order valence-electron chi connectivity index (χ0n) is 14.1. The highest BCUT2D eigenvalue weighted by Gasteiger charge is 2.52. The van der Waals surface area contributed by atoms with Crippen LogP contribution >= 0.6 is 0 Å². The minimum atomic E-state index is -2.20. The van der Waals surface area contributed by atoms with Gasteiger partial charge >= 0.3 is 7.12 Å². The summed E-state index contributed by atoms with van der Waals surface area (Å²) in [5.74, 6) is 0.770. The van der Waals surface area contributed by atoms with Gasteiger partial charge < -0.3 is 9.31 Å². The highest BCUT2D eigenvalue weighted by Crippen LogP contribution is 2.36. The summed E-state index contributed by atoms with van der Waals surface area (Å²) in [5.41, 5.74) is -0.251. The molecule has 1 aromatic rings. The van der Waals surface area contributed by atoms with Crippen molar-refractivity contribution in [2.24, 2.45) is 4.36 Å². The van der Waals surface area contributed by atoms with E-state index in [2.05, 4.69) is 4.36 Å². The first-order valence-corrected chi connectivity index (χ1v) is 9.85. The van der Waals surface area contributed by atoms with Crippen LogP contribution in [0.3, 0.4) is 0 Å². The molecule has 0 aliphatic carbocycles. The van der Waals surface area contributed by atoms with Crippen molar-refractivity contribution in [2.75, 3.05) is 11.5 Å². The first-order chi connectivity index (χ1) is 10.6. The fourth-order valence-electron chi connectivity index (χ4n) is 2.77. The predicted molar refractivity (Wildman–Crippen MR) is 91.3 cm³/mol. The molecule has 126 valence electrons. The van der Waals surface area contributed by atoms with E-state index in [-0.39, 0.29) is 0 Å². The van der Waals surface area contributed by atoms with Crippen molar-refractivity contribution >= 4 is 28.0 Å². The van der Waals surface area contributed by atoms with Crippen LogP contribution in [0.15, 0.2) is 22.6 Å². The maximum absolute atomic E-state index is 14.5. The molecule has 0 amide bonds. The van der Waals surface area contributed by atoms with E-state index in [0.29, 0.717) is 22.7 Å². The summed E-state index contributed by atoms with van der Waals surface area (Å²) < 4.78 is 43.0. The highest BCUT2D eigenvalue weighted by atomic mass is 32.2. The summed E-state index contributed by atoms with van der Waals surface area (Å²) in [6, 6.07) is 4.63.